The number of furan rings is 1. The molecular weight excluding hydrogens is 368 g/mol. The van der Waals surface area contributed by atoms with E-state index in [1.54, 1.807) is 38.4 Å². The molecule has 6 nitrogen and oxygen atoms in total. The van der Waals surface area contributed by atoms with Gasteiger partial charge in [-0.1, -0.05) is 13.0 Å². The molecule has 2 aliphatic carbocycles. The summed E-state index contributed by atoms with van der Waals surface area (Å²) in [6, 6.07) is 11.3. The molecule has 0 aliphatic heterocycles. The van der Waals surface area contributed by atoms with Crippen molar-refractivity contribution in [1.82, 2.24) is 9.80 Å². The highest BCUT2D eigenvalue weighted by Gasteiger charge is 2.37. The highest BCUT2D eigenvalue weighted by Crippen LogP contribution is 2.47. The second kappa shape index (κ2) is 7.93. The van der Waals surface area contributed by atoms with E-state index in [9.17, 15) is 9.59 Å². The predicted molar refractivity (Wildman–Crippen MR) is 109 cm³/mol. The van der Waals surface area contributed by atoms with Gasteiger partial charge in [0.05, 0.1) is 6.54 Å². The standard InChI is InChI=1S/C23H28N2O4/c1-15-11-20(15)21-10-9-19(29-21)13-25(17-7-8-17)23(27)16-5-4-6-18(12-16)28-14-22(26)24(2)3/h4-6,9-10,12,15,17,20H,7-8,11,13-14H2,1-3H3. The Morgan fingerprint density at radius 3 is 2.59 bits per heavy atom. The van der Waals surface area contributed by atoms with Crippen molar-refractivity contribution in [2.75, 3.05) is 20.7 Å². The lowest BCUT2D eigenvalue weighted by molar-refractivity contribution is -0.130. The maximum Gasteiger partial charge on any atom is 0.259 e. The number of benzene rings is 1. The molecule has 0 bridgehead atoms. The molecule has 0 spiro atoms. The van der Waals surface area contributed by atoms with E-state index in [0.717, 1.165) is 24.4 Å². The maximum absolute atomic E-state index is 13.2. The fourth-order valence-corrected chi connectivity index (χ4v) is 3.48. The van der Waals surface area contributed by atoms with Gasteiger partial charge in [-0.2, -0.15) is 0 Å². The van der Waals surface area contributed by atoms with Gasteiger partial charge in [-0.25, -0.2) is 0 Å². The second-order valence-corrected chi connectivity index (χ2v) is 8.39. The van der Waals surface area contributed by atoms with Crippen LogP contribution in [0.2, 0.25) is 0 Å². The van der Waals surface area contributed by atoms with Gasteiger partial charge in [0.25, 0.3) is 11.8 Å². The highest BCUT2D eigenvalue weighted by molar-refractivity contribution is 5.95. The van der Waals surface area contributed by atoms with Crippen molar-refractivity contribution in [3.63, 3.8) is 0 Å². The van der Waals surface area contributed by atoms with Crippen LogP contribution in [-0.2, 0) is 11.3 Å². The van der Waals surface area contributed by atoms with E-state index >= 15 is 0 Å². The SMILES string of the molecule is CC1CC1c1ccc(CN(C(=O)c2cccc(OCC(=O)N(C)C)c2)C2CC2)o1. The Labute approximate surface area is 171 Å². The molecule has 2 atom stereocenters. The summed E-state index contributed by atoms with van der Waals surface area (Å²) < 4.78 is 11.6. The molecule has 0 N–H and O–H groups in total. The second-order valence-electron chi connectivity index (χ2n) is 8.39. The zero-order chi connectivity index (χ0) is 20.5. The average Bonchev–Trinajstić information content (AvgIpc) is 3.63. The monoisotopic (exact) mass is 396 g/mol. The van der Waals surface area contributed by atoms with E-state index in [4.69, 9.17) is 9.15 Å². The van der Waals surface area contributed by atoms with Crippen molar-refractivity contribution in [3.05, 3.63) is 53.5 Å². The first-order chi connectivity index (χ1) is 13.9. The number of amides is 2. The summed E-state index contributed by atoms with van der Waals surface area (Å²) in [4.78, 5) is 28.3. The number of ether oxygens (including phenoxy) is 1. The van der Waals surface area contributed by atoms with Gasteiger partial charge in [-0.3, -0.25) is 9.59 Å². The van der Waals surface area contributed by atoms with Gasteiger partial charge in [-0.05, 0) is 55.5 Å². The van der Waals surface area contributed by atoms with Crippen LogP contribution in [0.1, 0.15) is 54.0 Å². The van der Waals surface area contributed by atoms with Crippen molar-refractivity contribution < 1.29 is 18.7 Å². The third-order valence-electron chi connectivity index (χ3n) is 5.67. The first-order valence-electron chi connectivity index (χ1n) is 10.2. The number of rotatable bonds is 8. The molecule has 6 heteroatoms. The number of hydrogen-bond acceptors (Lipinski definition) is 4. The molecule has 4 rings (SSSR count). The predicted octanol–water partition coefficient (Wildman–Crippen LogP) is 3.67. The molecule has 1 aromatic carbocycles. The van der Waals surface area contributed by atoms with Crippen molar-refractivity contribution in [2.24, 2.45) is 5.92 Å². The third kappa shape index (κ3) is 4.63. The molecular formula is C23H28N2O4. The van der Waals surface area contributed by atoms with Crippen LogP contribution in [0.15, 0.2) is 40.8 Å². The van der Waals surface area contributed by atoms with Crippen LogP contribution in [0, 0.1) is 5.92 Å². The summed E-state index contributed by atoms with van der Waals surface area (Å²) in [7, 11) is 3.37. The highest BCUT2D eigenvalue weighted by atomic mass is 16.5. The van der Waals surface area contributed by atoms with Crippen molar-refractivity contribution in [1.29, 1.82) is 0 Å². The van der Waals surface area contributed by atoms with Gasteiger partial charge in [0, 0.05) is 31.6 Å². The van der Waals surface area contributed by atoms with Crippen LogP contribution < -0.4 is 4.74 Å². The lowest BCUT2D eigenvalue weighted by Gasteiger charge is -2.21. The lowest BCUT2D eigenvalue weighted by Crippen LogP contribution is -2.32. The Balaban J connectivity index is 1.44. The van der Waals surface area contributed by atoms with E-state index in [2.05, 4.69) is 13.0 Å². The normalized spacial score (nSPS) is 20.2. The minimum absolute atomic E-state index is 0.0328. The largest absolute Gasteiger partial charge is 0.484 e. The van der Waals surface area contributed by atoms with E-state index < -0.39 is 0 Å². The van der Waals surface area contributed by atoms with Crippen LogP contribution in [0.4, 0.5) is 0 Å². The molecule has 2 fully saturated rings. The zero-order valence-corrected chi connectivity index (χ0v) is 17.3. The van der Waals surface area contributed by atoms with E-state index in [1.165, 1.54) is 11.3 Å². The minimum Gasteiger partial charge on any atom is -0.484 e. The van der Waals surface area contributed by atoms with Crippen molar-refractivity contribution in [2.45, 2.75) is 44.7 Å². The molecule has 2 aromatic rings. The van der Waals surface area contributed by atoms with Crippen molar-refractivity contribution in [3.8, 4) is 5.75 Å². The Morgan fingerprint density at radius 1 is 1.17 bits per heavy atom. The minimum atomic E-state index is -0.125. The van der Waals surface area contributed by atoms with Crippen LogP contribution in [0.3, 0.4) is 0 Å². The zero-order valence-electron chi connectivity index (χ0n) is 17.3. The Kier molecular flexibility index (Phi) is 5.35. The third-order valence-corrected chi connectivity index (χ3v) is 5.67. The number of carbonyl (C=O) groups is 2. The molecule has 2 saturated carbocycles. The molecule has 29 heavy (non-hydrogen) atoms. The van der Waals surface area contributed by atoms with Gasteiger partial charge in [-0.15, -0.1) is 0 Å². The topological polar surface area (TPSA) is 63.0 Å². The molecule has 1 heterocycles. The number of carbonyl (C=O) groups excluding carboxylic acids is 2. The van der Waals surface area contributed by atoms with Gasteiger partial charge >= 0.3 is 0 Å². The quantitative estimate of drug-likeness (QED) is 0.683. The molecule has 1 aromatic heterocycles. The summed E-state index contributed by atoms with van der Waals surface area (Å²) in [5, 5.41) is 0. The van der Waals surface area contributed by atoms with Gasteiger partial charge in [0.15, 0.2) is 6.61 Å². The van der Waals surface area contributed by atoms with E-state index in [-0.39, 0.29) is 24.5 Å². The molecule has 154 valence electrons. The van der Waals surface area contributed by atoms with Gasteiger partial charge in [0.1, 0.15) is 17.3 Å². The number of hydrogen-bond donors (Lipinski definition) is 0. The summed E-state index contributed by atoms with van der Waals surface area (Å²) in [5.41, 5.74) is 0.564. The molecule has 2 unspecified atom stereocenters. The summed E-state index contributed by atoms with van der Waals surface area (Å²) in [5.74, 6) is 3.46. The first-order valence-corrected chi connectivity index (χ1v) is 10.2. The summed E-state index contributed by atoms with van der Waals surface area (Å²) in [6.45, 7) is 2.66. The van der Waals surface area contributed by atoms with Crippen molar-refractivity contribution >= 4 is 11.8 Å². The van der Waals surface area contributed by atoms with Gasteiger partial charge in [0.2, 0.25) is 0 Å². The van der Waals surface area contributed by atoms with Crippen LogP contribution in [0.5, 0.6) is 5.75 Å². The Bertz CT molecular complexity index is 900. The molecule has 0 radical (unpaired) electrons. The maximum atomic E-state index is 13.2. The first kappa shape index (κ1) is 19.6. The Hall–Kier alpha value is -2.76. The average molecular weight is 396 g/mol. The molecule has 2 aliphatic rings. The summed E-state index contributed by atoms with van der Waals surface area (Å²) >= 11 is 0. The van der Waals surface area contributed by atoms with Crippen LogP contribution in [-0.4, -0.2) is 48.4 Å². The van der Waals surface area contributed by atoms with Gasteiger partial charge < -0.3 is 19.0 Å². The fourth-order valence-electron chi connectivity index (χ4n) is 3.48. The molecule has 2 amide bonds. The number of likely N-dealkylation sites (N-methyl/N-ethyl adjacent to an activating group) is 1. The van der Waals surface area contributed by atoms with Crippen LogP contribution in [0.25, 0.3) is 0 Å². The van der Waals surface area contributed by atoms with E-state index in [0.29, 0.717) is 29.7 Å². The molecule has 0 saturated heterocycles. The van der Waals surface area contributed by atoms with E-state index in [1.807, 2.05) is 11.0 Å². The number of nitrogens with zero attached hydrogens (tertiary/aromatic N) is 2. The fraction of sp³-hybridized carbons (Fsp3) is 0.478. The smallest absolute Gasteiger partial charge is 0.259 e. The lowest BCUT2D eigenvalue weighted by atomic mass is 10.1. The van der Waals surface area contributed by atoms with Crippen LogP contribution >= 0.6 is 0 Å². The summed E-state index contributed by atoms with van der Waals surface area (Å²) in [6.07, 6.45) is 3.22. The Morgan fingerprint density at radius 2 is 1.93 bits per heavy atom.